The lowest BCUT2D eigenvalue weighted by Gasteiger charge is -2.15. The Morgan fingerprint density at radius 3 is 2.50 bits per heavy atom. The molecule has 1 N–H and O–H groups in total. The van der Waals surface area contributed by atoms with Crippen molar-refractivity contribution in [2.75, 3.05) is 6.54 Å². The standard InChI is InChI=1S/C17H18N2O/c20-16(12-14-6-2-1-3-7-14)19-13-17(9-10-17)15-8-4-5-11-18-15/h1-8,11H,9-10,12-13H2,(H,19,20). The number of carbonyl (C=O) groups excluding carboxylic acids is 1. The van der Waals surface area contributed by atoms with E-state index in [1.165, 1.54) is 0 Å². The number of hydrogen-bond donors (Lipinski definition) is 1. The van der Waals surface area contributed by atoms with E-state index in [2.05, 4.69) is 16.4 Å². The van der Waals surface area contributed by atoms with Crippen molar-refractivity contribution in [1.29, 1.82) is 0 Å². The molecule has 1 heterocycles. The van der Waals surface area contributed by atoms with Gasteiger partial charge in [-0.05, 0) is 30.5 Å². The van der Waals surface area contributed by atoms with Gasteiger partial charge in [-0.15, -0.1) is 0 Å². The number of hydrogen-bond acceptors (Lipinski definition) is 2. The molecule has 102 valence electrons. The van der Waals surface area contributed by atoms with Crippen LogP contribution in [0.4, 0.5) is 0 Å². The molecule has 1 amide bonds. The Kier molecular flexibility index (Phi) is 3.50. The molecule has 1 aliphatic carbocycles. The molecule has 0 spiro atoms. The number of pyridine rings is 1. The van der Waals surface area contributed by atoms with Gasteiger partial charge in [0.05, 0.1) is 6.42 Å². The highest BCUT2D eigenvalue weighted by molar-refractivity contribution is 5.78. The number of nitrogens with zero attached hydrogens (tertiary/aromatic N) is 1. The zero-order valence-corrected chi connectivity index (χ0v) is 11.4. The van der Waals surface area contributed by atoms with E-state index in [1.54, 1.807) is 0 Å². The van der Waals surface area contributed by atoms with Crippen LogP contribution in [0.3, 0.4) is 0 Å². The second-order valence-corrected chi connectivity index (χ2v) is 5.43. The summed E-state index contributed by atoms with van der Waals surface area (Å²) in [5.74, 6) is 0.0819. The molecule has 20 heavy (non-hydrogen) atoms. The molecule has 1 saturated carbocycles. The van der Waals surface area contributed by atoms with E-state index in [9.17, 15) is 4.79 Å². The van der Waals surface area contributed by atoms with E-state index in [4.69, 9.17) is 0 Å². The maximum atomic E-state index is 12.0. The largest absolute Gasteiger partial charge is 0.355 e. The highest BCUT2D eigenvalue weighted by Crippen LogP contribution is 2.46. The Balaban J connectivity index is 1.56. The summed E-state index contributed by atoms with van der Waals surface area (Å²) in [5.41, 5.74) is 2.22. The predicted molar refractivity (Wildman–Crippen MR) is 78.3 cm³/mol. The van der Waals surface area contributed by atoms with E-state index in [0.717, 1.165) is 24.1 Å². The van der Waals surface area contributed by atoms with Crippen molar-refractivity contribution in [3.8, 4) is 0 Å². The summed E-state index contributed by atoms with van der Waals surface area (Å²) in [4.78, 5) is 16.4. The highest BCUT2D eigenvalue weighted by Gasteiger charge is 2.45. The quantitative estimate of drug-likeness (QED) is 0.903. The summed E-state index contributed by atoms with van der Waals surface area (Å²) in [6, 6.07) is 15.8. The fourth-order valence-corrected chi connectivity index (χ4v) is 2.46. The molecule has 0 bridgehead atoms. The van der Waals surface area contributed by atoms with E-state index in [0.29, 0.717) is 13.0 Å². The molecule has 3 heteroatoms. The summed E-state index contributed by atoms with van der Waals surface area (Å²) in [6.45, 7) is 0.690. The third-order valence-corrected chi connectivity index (χ3v) is 3.89. The van der Waals surface area contributed by atoms with Crippen LogP contribution in [-0.4, -0.2) is 17.4 Å². The van der Waals surface area contributed by atoms with Crippen molar-refractivity contribution in [2.45, 2.75) is 24.7 Å². The third-order valence-electron chi connectivity index (χ3n) is 3.89. The summed E-state index contributed by atoms with van der Waals surface area (Å²) in [7, 11) is 0. The molecule has 0 saturated heterocycles. The molecule has 1 aromatic carbocycles. The first-order valence-electron chi connectivity index (χ1n) is 7.01. The second-order valence-electron chi connectivity index (χ2n) is 5.43. The Morgan fingerprint density at radius 1 is 1.10 bits per heavy atom. The minimum absolute atomic E-state index is 0.0770. The molecule has 0 atom stereocenters. The van der Waals surface area contributed by atoms with Gasteiger partial charge in [-0.3, -0.25) is 9.78 Å². The second kappa shape index (κ2) is 5.45. The molecular weight excluding hydrogens is 248 g/mol. The van der Waals surface area contributed by atoms with Crippen LogP contribution >= 0.6 is 0 Å². The predicted octanol–water partition coefficient (Wildman–Crippen LogP) is 2.47. The minimum Gasteiger partial charge on any atom is -0.355 e. The SMILES string of the molecule is O=C(Cc1ccccc1)NCC1(c2ccccn2)CC1. The van der Waals surface area contributed by atoms with Gasteiger partial charge in [-0.1, -0.05) is 36.4 Å². The van der Waals surface area contributed by atoms with Crippen LogP contribution in [-0.2, 0) is 16.6 Å². The van der Waals surface area contributed by atoms with Gasteiger partial charge >= 0.3 is 0 Å². The van der Waals surface area contributed by atoms with Crippen LogP contribution in [0.1, 0.15) is 24.1 Å². The molecule has 0 unspecified atom stereocenters. The van der Waals surface area contributed by atoms with Gasteiger partial charge in [0.25, 0.3) is 0 Å². The van der Waals surface area contributed by atoms with Crippen molar-refractivity contribution < 1.29 is 4.79 Å². The molecular formula is C17H18N2O. The van der Waals surface area contributed by atoms with Gasteiger partial charge in [0, 0.05) is 23.9 Å². The number of carbonyl (C=O) groups is 1. The molecule has 2 aromatic rings. The van der Waals surface area contributed by atoms with Crippen LogP contribution in [0, 0.1) is 0 Å². The van der Waals surface area contributed by atoms with Crippen LogP contribution < -0.4 is 5.32 Å². The molecule has 1 aliphatic rings. The molecule has 3 rings (SSSR count). The fraction of sp³-hybridized carbons (Fsp3) is 0.294. The number of benzene rings is 1. The van der Waals surface area contributed by atoms with E-state index in [1.807, 2.05) is 48.7 Å². The Labute approximate surface area is 119 Å². The zero-order valence-electron chi connectivity index (χ0n) is 11.4. The summed E-state index contributed by atoms with van der Waals surface area (Å²) >= 11 is 0. The number of rotatable bonds is 5. The summed E-state index contributed by atoms with van der Waals surface area (Å²) < 4.78 is 0. The smallest absolute Gasteiger partial charge is 0.224 e. The van der Waals surface area contributed by atoms with Gasteiger partial charge in [0.15, 0.2) is 0 Å². The molecule has 0 aliphatic heterocycles. The normalized spacial score (nSPS) is 15.6. The number of amides is 1. The number of nitrogens with one attached hydrogen (secondary N) is 1. The van der Waals surface area contributed by atoms with Gasteiger partial charge < -0.3 is 5.32 Å². The van der Waals surface area contributed by atoms with Gasteiger partial charge in [-0.2, -0.15) is 0 Å². The first-order chi connectivity index (χ1) is 9.78. The van der Waals surface area contributed by atoms with Gasteiger partial charge in [0.1, 0.15) is 0 Å². The first-order valence-corrected chi connectivity index (χ1v) is 7.01. The number of aromatic nitrogens is 1. The first kappa shape index (κ1) is 12.9. The topological polar surface area (TPSA) is 42.0 Å². The average molecular weight is 266 g/mol. The van der Waals surface area contributed by atoms with E-state index >= 15 is 0 Å². The van der Waals surface area contributed by atoms with Crippen molar-refractivity contribution in [2.24, 2.45) is 0 Å². The lowest BCUT2D eigenvalue weighted by Crippen LogP contribution is -2.33. The minimum atomic E-state index is 0.0770. The Hall–Kier alpha value is -2.16. The van der Waals surface area contributed by atoms with Crippen LogP contribution in [0.2, 0.25) is 0 Å². The highest BCUT2D eigenvalue weighted by atomic mass is 16.1. The van der Waals surface area contributed by atoms with Crippen molar-refractivity contribution >= 4 is 5.91 Å². The maximum absolute atomic E-state index is 12.0. The third kappa shape index (κ3) is 2.87. The lowest BCUT2D eigenvalue weighted by molar-refractivity contribution is -0.120. The summed E-state index contributed by atoms with van der Waals surface area (Å²) in [6.07, 6.45) is 4.48. The monoisotopic (exact) mass is 266 g/mol. The lowest BCUT2D eigenvalue weighted by atomic mass is 10.0. The Bertz CT molecular complexity index is 576. The van der Waals surface area contributed by atoms with E-state index < -0.39 is 0 Å². The fourth-order valence-electron chi connectivity index (χ4n) is 2.46. The van der Waals surface area contributed by atoms with Gasteiger partial charge in [-0.25, -0.2) is 0 Å². The van der Waals surface area contributed by atoms with Gasteiger partial charge in [0.2, 0.25) is 5.91 Å². The van der Waals surface area contributed by atoms with Crippen LogP contribution in [0.25, 0.3) is 0 Å². The van der Waals surface area contributed by atoms with Crippen molar-refractivity contribution in [1.82, 2.24) is 10.3 Å². The molecule has 1 fully saturated rings. The summed E-state index contributed by atoms with van der Waals surface area (Å²) in [5, 5.41) is 3.05. The molecule has 3 nitrogen and oxygen atoms in total. The van der Waals surface area contributed by atoms with Crippen LogP contribution in [0.15, 0.2) is 54.7 Å². The Morgan fingerprint density at radius 2 is 1.85 bits per heavy atom. The van der Waals surface area contributed by atoms with Crippen molar-refractivity contribution in [3.05, 3.63) is 66.0 Å². The zero-order chi connectivity index (χ0) is 13.8. The van der Waals surface area contributed by atoms with Crippen molar-refractivity contribution in [3.63, 3.8) is 0 Å². The van der Waals surface area contributed by atoms with E-state index in [-0.39, 0.29) is 11.3 Å². The average Bonchev–Trinajstić information content (AvgIpc) is 3.28. The van der Waals surface area contributed by atoms with Crippen LogP contribution in [0.5, 0.6) is 0 Å². The molecule has 1 aromatic heterocycles. The molecule has 0 radical (unpaired) electrons. The maximum Gasteiger partial charge on any atom is 0.224 e.